The molecule has 3 nitrogen and oxygen atoms in total. The second kappa shape index (κ2) is 9.73. The summed E-state index contributed by atoms with van der Waals surface area (Å²) in [7, 11) is 0. The van der Waals surface area contributed by atoms with Crippen LogP contribution in [0.25, 0.3) is 0 Å². The number of nitrogens with zero attached hydrogens (tertiary/aromatic N) is 1. The van der Waals surface area contributed by atoms with Gasteiger partial charge in [0.05, 0.1) is 6.04 Å². The molecule has 1 aliphatic heterocycles. The molecule has 0 unspecified atom stereocenters. The lowest BCUT2D eigenvalue weighted by Gasteiger charge is -2.26. The molecule has 3 aromatic rings. The van der Waals surface area contributed by atoms with E-state index in [4.69, 9.17) is 0 Å². The van der Waals surface area contributed by atoms with Crippen molar-refractivity contribution in [3.63, 3.8) is 0 Å². The lowest BCUT2D eigenvalue weighted by atomic mass is 9.97. The van der Waals surface area contributed by atoms with Gasteiger partial charge in [0.1, 0.15) is 0 Å². The van der Waals surface area contributed by atoms with Crippen molar-refractivity contribution < 1.29 is 4.79 Å². The van der Waals surface area contributed by atoms with Gasteiger partial charge in [-0.15, -0.1) is 0 Å². The van der Waals surface area contributed by atoms with Crippen LogP contribution in [0.1, 0.15) is 57.9 Å². The summed E-state index contributed by atoms with van der Waals surface area (Å²) in [6.45, 7) is 5.40. The van der Waals surface area contributed by atoms with Gasteiger partial charge < -0.3 is 5.32 Å². The van der Waals surface area contributed by atoms with Gasteiger partial charge in [0.15, 0.2) is 0 Å². The van der Waals surface area contributed by atoms with E-state index >= 15 is 0 Å². The number of nitrogens with one attached hydrogen (secondary N) is 1. The minimum absolute atomic E-state index is 0.0473. The van der Waals surface area contributed by atoms with Crippen molar-refractivity contribution >= 4 is 5.91 Å². The molecule has 1 heterocycles. The van der Waals surface area contributed by atoms with Crippen LogP contribution in [0.15, 0.2) is 78.9 Å². The van der Waals surface area contributed by atoms with Crippen molar-refractivity contribution in [1.29, 1.82) is 0 Å². The number of aryl methyl sites for hydroxylation is 1. The Labute approximate surface area is 179 Å². The molecule has 3 heteroatoms. The van der Waals surface area contributed by atoms with E-state index < -0.39 is 0 Å². The number of hydrogen-bond donors (Lipinski definition) is 1. The van der Waals surface area contributed by atoms with Crippen LogP contribution in [-0.2, 0) is 6.54 Å². The number of hydrogen-bond acceptors (Lipinski definition) is 2. The van der Waals surface area contributed by atoms with Crippen LogP contribution in [0.3, 0.4) is 0 Å². The van der Waals surface area contributed by atoms with Crippen molar-refractivity contribution in [1.82, 2.24) is 10.2 Å². The molecule has 154 valence electrons. The third kappa shape index (κ3) is 5.17. The van der Waals surface area contributed by atoms with Crippen molar-refractivity contribution in [2.24, 2.45) is 0 Å². The first-order valence-electron chi connectivity index (χ1n) is 10.9. The average molecular weight is 399 g/mol. The summed E-state index contributed by atoms with van der Waals surface area (Å²) in [6, 6.07) is 26.4. The maximum atomic E-state index is 13.0. The molecule has 1 aliphatic rings. The minimum Gasteiger partial charge on any atom is -0.341 e. The first-order chi connectivity index (χ1) is 14.7. The first-order valence-corrected chi connectivity index (χ1v) is 10.9. The Morgan fingerprint density at radius 3 is 2.13 bits per heavy atom. The van der Waals surface area contributed by atoms with Gasteiger partial charge in [-0.1, -0.05) is 78.7 Å². The smallest absolute Gasteiger partial charge is 0.252 e. The van der Waals surface area contributed by atoms with E-state index in [0.717, 1.165) is 17.7 Å². The molecule has 1 fully saturated rings. The number of carbonyl (C=O) groups is 1. The molecular weight excluding hydrogens is 368 g/mol. The van der Waals surface area contributed by atoms with E-state index in [1.807, 2.05) is 30.3 Å². The predicted octanol–water partition coefficient (Wildman–Crippen LogP) is 5.50. The second-order valence-electron chi connectivity index (χ2n) is 8.26. The zero-order valence-corrected chi connectivity index (χ0v) is 17.7. The summed E-state index contributed by atoms with van der Waals surface area (Å²) in [4.78, 5) is 15.5. The third-order valence-corrected chi connectivity index (χ3v) is 5.89. The Bertz CT molecular complexity index is 942. The fourth-order valence-electron chi connectivity index (χ4n) is 4.12. The summed E-state index contributed by atoms with van der Waals surface area (Å²) >= 11 is 0. The SMILES string of the molecule is Cc1ccc([C@H](NC(=O)c2ccc(CN3CCCCC3)cc2)c2ccccc2)cc1. The topological polar surface area (TPSA) is 32.3 Å². The molecule has 30 heavy (non-hydrogen) atoms. The molecule has 3 aromatic carbocycles. The summed E-state index contributed by atoms with van der Waals surface area (Å²) in [6.07, 6.45) is 3.93. The molecule has 1 amide bonds. The van der Waals surface area contributed by atoms with Crippen LogP contribution >= 0.6 is 0 Å². The van der Waals surface area contributed by atoms with Gasteiger partial charge in [-0.3, -0.25) is 9.69 Å². The molecule has 0 saturated carbocycles. The zero-order chi connectivity index (χ0) is 20.8. The van der Waals surface area contributed by atoms with Crippen LogP contribution in [0.5, 0.6) is 0 Å². The number of carbonyl (C=O) groups excluding carboxylic acids is 1. The van der Waals surface area contributed by atoms with Gasteiger partial charge in [-0.2, -0.15) is 0 Å². The Morgan fingerprint density at radius 2 is 1.47 bits per heavy atom. The summed E-state index contributed by atoms with van der Waals surface area (Å²) in [5, 5.41) is 3.24. The van der Waals surface area contributed by atoms with Gasteiger partial charge in [-0.25, -0.2) is 0 Å². The molecule has 1 saturated heterocycles. The molecule has 0 spiro atoms. The Morgan fingerprint density at radius 1 is 0.833 bits per heavy atom. The largest absolute Gasteiger partial charge is 0.341 e. The fourth-order valence-corrected chi connectivity index (χ4v) is 4.12. The van der Waals surface area contributed by atoms with E-state index in [2.05, 4.69) is 65.7 Å². The molecule has 1 atom stereocenters. The van der Waals surface area contributed by atoms with Crippen LogP contribution in [0, 0.1) is 6.92 Å². The molecule has 0 bridgehead atoms. The normalized spacial score (nSPS) is 15.5. The minimum atomic E-state index is -0.174. The standard InChI is InChI=1S/C27H30N2O/c1-21-10-14-24(15-11-21)26(23-8-4-2-5-9-23)28-27(30)25-16-12-22(13-17-25)20-29-18-6-3-7-19-29/h2,4-5,8-17,26H,3,6-7,18-20H2,1H3,(H,28,30)/t26-/m1/s1. The van der Waals surface area contributed by atoms with Crippen molar-refractivity contribution in [2.75, 3.05) is 13.1 Å². The highest BCUT2D eigenvalue weighted by molar-refractivity contribution is 5.94. The zero-order valence-electron chi connectivity index (χ0n) is 17.7. The maximum Gasteiger partial charge on any atom is 0.252 e. The molecule has 0 aliphatic carbocycles. The van der Waals surface area contributed by atoms with E-state index in [0.29, 0.717) is 5.56 Å². The lowest BCUT2D eigenvalue weighted by molar-refractivity contribution is 0.0943. The molecule has 0 radical (unpaired) electrons. The van der Waals surface area contributed by atoms with Gasteiger partial charge in [-0.05, 0) is 61.7 Å². The van der Waals surface area contributed by atoms with Crippen molar-refractivity contribution in [3.05, 3.63) is 107 Å². The van der Waals surface area contributed by atoms with Crippen LogP contribution in [-0.4, -0.2) is 23.9 Å². The number of rotatable bonds is 6. The van der Waals surface area contributed by atoms with E-state index in [1.54, 1.807) is 0 Å². The molecule has 4 rings (SSSR count). The Balaban J connectivity index is 1.48. The molecule has 1 N–H and O–H groups in total. The van der Waals surface area contributed by atoms with Gasteiger partial charge in [0.25, 0.3) is 5.91 Å². The van der Waals surface area contributed by atoms with Gasteiger partial charge >= 0.3 is 0 Å². The highest BCUT2D eigenvalue weighted by Crippen LogP contribution is 2.23. The van der Waals surface area contributed by atoms with Crippen LogP contribution < -0.4 is 5.32 Å². The molecular formula is C27H30N2O. The summed E-state index contributed by atoms with van der Waals surface area (Å²) in [5.74, 6) is -0.0473. The van der Waals surface area contributed by atoms with Crippen molar-refractivity contribution in [2.45, 2.75) is 38.8 Å². The monoisotopic (exact) mass is 398 g/mol. The average Bonchev–Trinajstić information content (AvgIpc) is 2.80. The Hall–Kier alpha value is -2.91. The predicted molar refractivity (Wildman–Crippen MR) is 123 cm³/mol. The third-order valence-electron chi connectivity index (χ3n) is 5.89. The maximum absolute atomic E-state index is 13.0. The second-order valence-corrected chi connectivity index (χ2v) is 8.26. The summed E-state index contributed by atoms with van der Waals surface area (Å²) in [5.41, 5.74) is 5.34. The quantitative estimate of drug-likeness (QED) is 0.595. The van der Waals surface area contributed by atoms with Crippen molar-refractivity contribution in [3.8, 4) is 0 Å². The van der Waals surface area contributed by atoms with Gasteiger partial charge in [0, 0.05) is 12.1 Å². The number of likely N-dealkylation sites (tertiary alicyclic amines) is 1. The van der Waals surface area contributed by atoms with Crippen LogP contribution in [0.2, 0.25) is 0 Å². The Kier molecular flexibility index (Phi) is 6.60. The molecule has 0 aromatic heterocycles. The number of amides is 1. The highest BCUT2D eigenvalue weighted by atomic mass is 16.1. The first kappa shape index (κ1) is 20.4. The van der Waals surface area contributed by atoms with Crippen LogP contribution in [0.4, 0.5) is 0 Å². The van der Waals surface area contributed by atoms with E-state index in [1.165, 1.54) is 43.5 Å². The number of benzene rings is 3. The fraction of sp³-hybridized carbons (Fsp3) is 0.296. The number of piperidine rings is 1. The summed E-state index contributed by atoms with van der Waals surface area (Å²) < 4.78 is 0. The lowest BCUT2D eigenvalue weighted by Crippen LogP contribution is -2.30. The van der Waals surface area contributed by atoms with E-state index in [-0.39, 0.29) is 11.9 Å². The highest BCUT2D eigenvalue weighted by Gasteiger charge is 2.18. The van der Waals surface area contributed by atoms with Gasteiger partial charge in [0.2, 0.25) is 0 Å². The van der Waals surface area contributed by atoms with E-state index in [9.17, 15) is 4.79 Å².